The van der Waals surface area contributed by atoms with Gasteiger partial charge in [0.25, 0.3) is 0 Å². The molecular weight excluding hydrogens is 340 g/mol. The Bertz CT molecular complexity index is 864. The number of fused-ring (bicyclic) bond motifs is 1. The molecule has 140 valence electrons. The van der Waals surface area contributed by atoms with Crippen molar-refractivity contribution in [1.82, 2.24) is 5.32 Å². The Balaban J connectivity index is 1.46. The lowest BCUT2D eigenvalue weighted by atomic mass is 9.87. The molecule has 1 aliphatic carbocycles. The molecule has 0 aromatic heterocycles. The van der Waals surface area contributed by atoms with Gasteiger partial charge in [0, 0.05) is 24.7 Å². The predicted molar refractivity (Wildman–Crippen MR) is 104 cm³/mol. The van der Waals surface area contributed by atoms with Crippen LogP contribution in [-0.2, 0) is 16.0 Å². The van der Waals surface area contributed by atoms with E-state index in [9.17, 15) is 9.59 Å². The fourth-order valence-electron chi connectivity index (χ4n) is 4.10. The zero-order chi connectivity index (χ0) is 18.8. The molecular formula is C22H24N2O3. The lowest BCUT2D eigenvalue weighted by molar-refractivity contribution is -0.127. The molecule has 2 amide bonds. The minimum atomic E-state index is -0.321. The molecule has 1 saturated heterocycles. The quantitative estimate of drug-likeness (QED) is 0.906. The highest BCUT2D eigenvalue weighted by atomic mass is 16.5. The Kier molecular flexibility index (Phi) is 4.84. The van der Waals surface area contributed by atoms with Crippen LogP contribution in [-0.4, -0.2) is 25.5 Å². The van der Waals surface area contributed by atoms with Gasteiger partial charge in [-0.2, -0.15) is 0 Å². The van der Waals surface area contributed by atoms with E-state index < -0.39 is 0 Å². The van der Waals surface area contributed by atoms with Gasteiger partial charge >= 0.3 is 0 Å². The Labute approximate surface area is 159 Å². The second kappa shape index (κ2) is 7.43. The van der Waals surface area contributed by atoms with Crippen LogP contribution >= 0.6 is 0 Å². The summed E-state index contributed by atoms with van der Waals surface area (Å²) in [5.41, 5.74) is 3.30. The summed E-state index contributed by atoms with van der Waals surface area (Å²) < 4.78 is 5.24. The topological polar surface area (TPSA) is 58.6 Å². The highest BCUT2D eigenvalue weighted by molar-refractivity contribution is 6.00. The lowest BCUT2D eigenvalue weighted by Gasteiger charge is -2.27. The first kappa shape index (κ1) is 17.6. The Morgan fingerprint density at radius 1 is 1.19 bits per heavy atom. The Morgan fingerprint density at radius 3 is 2.89 bits per heavy atom. The fourth-order valence-corrected chi connectivity index (χ4v) is 4.10. The minimum absolute atomic E-state index is 0.0209. The van der Waals surface area contributed by atoms with Crippen molar-refractivity contribution in [3.63, 3.8) is 0 Å². The number of carbonyl (C=O) groups is 2. The van der Waals surface area contributed by atoms with Crippen molar-refractivity contribution >= 4 is 17.5 Å². The third kappa shape index (κ3) is 3.54. The number of amides is 2. The standard InChI is InChI=1S/C22H24N2O3/c1-27-18-9-5-8-17(13-18)24-14-16(12-21(24)25)22(26)23-20-11-4-7-15-6-2-3-10-19(15)20/h2-3,5-6,8-10,13,16,20H,4,7,11-12,14H2,1H3,(H,23,26). The SMILES string of the molecule is COc1cccc(N2CC(C(=O)NC3CCCc4ccccc43)CC2=O)c1. The molecule has 1 heterocycles. The number of benzene rings is 2. The predicted octanol–water partition coefficient (Wildman–Crippen LogP) is 3.24. The van der Waals surface area contributed by atoms with Crippen molar-refractivity contribution < 1.29 is 14.3 Å². The average molecular weight is 364 g/mol. The number of carbonyl (C=O) groups excluding carboxylic acids is 2. The number of nitrogens with zero attached hydrogens (tertiary/aromatic N) is 1. The number of ether oxygens (including phenoxy) is 1. The first-order valence-electron chi connectivity index (χ1n) is 9.48. The van der Waals surface area contributed by atoms with E-state index in [1.165, 1.54) is 11.1 Å². The van der Waals surface area contributed by atoms with Crippen LogP contribution in [0.2, 0.25) is 0 Å². The summed E-state index contributed by atoms with van der Waals surface area (Å²) in [6.45, 7) is 0.409. The van der Waals surface area contributed by atoms with E-state index in [1.54, 1.807) is 12.0 Å². The highest BCUT2D eigenvalue weighted by Gasteiger charge is 2.36. The van der Waals surface area contributed by atoms with Crippen molar-refractivity contribution in [3.05, 3.63) is 59.7 Å². The molecule has 0 saturated carbocycles. The van der Waals surface area contributed by atoms with Gasteiger partial charge in [-0.1, -0.05) is 30.3 Å². The molecule has 0 spiro atoms. The molecule has 1 fully saturated rings. The summed E-state index contributed by atoms with van der Waals surface area (Å²) in [6.07, 6.45) is 3.33. The van der Waals surface area contributed by atoms with E-state index in [0.717, 1.165) is 24.9 Å². The monoisotopic (exact) mass is 364 g/mol. The maximum Gasteiger partial charge on any atom is 0.227 e. The van der Waals surface area contributed by atoms with Gasteiger partial charge in [0.15, 0.2) is 0 Å². The second-order valence-corrected chi connectivity index (χ2v) is 7.26. The van der Waals surface area contributed by atoms with Crippen LogP contribution in [0, 0.1) is 5.92 Å². The van der Waals surface area contributed by atoms with Crippen molar-refractivity contribution in [2.75, 3.05) is 18.6 Å². The number of hydrogen-bond acceptors (Lipinski definition) is 3. The Hall–Kier alpha value is -2.82. The molecule has 4 rings (SSSR count). The molecule has 2 aliphatic rings. The largest absolute Gasteiger partial charge is 0.497 e. The molecule has 27 heavy (non-hydrogen) atoms. The van der Waals surface area contributed by atoms with E-state index in [4.69, 9.17) is 4.74 Å². The summed E-state index contributed by atoms with van der Waals surface area (Å²) in [4.78, 5) is 27.0. The molecule has 2 atom stereocenters. The number of anilines is 1. The second-order valence-electron chi connectivity index (χ2n) is 7.26. The van der Waals surface area contributed by atoms with Gasteiger partial charge in [-0.15, -0.1) is 0 Å². The van der Waals surface area contributed by atoms with Crippen LogP contribution in [0.3, 0.4) is 0 Å². The van der Waals surface area contributed by atoms with E-state index in [1.807, 2.05) is 36.4 Å². The first-order chi connectivity index (χ1) is 13.2. The molecule has 1 aliphatic heterocycles. The van der Waals surface area contributed by atoms with Crippen molar-refractivity contribution in [2.24, 2.45) is 5.92 Å². The van der Waals surface area contributed by atoms with E-state index >= 15 is 0 Å². The molecule has 2 aromatic rings. The number of aryl methyl sites for hydroxylation is 1. The van der Waals surface area contributed by atoms with Crippen LogP contribution in [0.15, 0.2) is 48.5 Å². The normalized spacial score (nSPS) is 21.7. The van der Waals surface area contributed by atoms with E-state index in [2.05, 4.69) is 17.4 Å². The van der Waals surface area contributed by atoms with Gasteiger partial charge in [0.1, 0.15) is 5.75 Å². The Morgan fingerprint density at radius 2 is 2.04 bits per heavy atom. The summed E-state index contributed by atoms with van der Waals surface area (Å²) in [7, 11) is 1.60. The summed E-state index contributed by atoms with van der Waals surface area (Å²) in [5.74, 6) is 0.327. The minimum Gasteiger partial charge on any atom is -0.497 e. The van der Waals surface area contributed by atoms with Crippen LogP contribution < -0.4 is 15.0 Å². The molecule has 2 unspecified atom stereocenters. The van der Waals surface area contributed by atoms with E-state index in [-0.39, 0.29) is 30.2 Å². The maximum absolute atomic E-state index is 12.9. The molecule has 5 nitrogen and oxygen atoms in total. The smallest absolute Gasteiger partial charge is 0.227 e. The molecule has 0 radical (unpaired) electrons. The maximum atomic E-state index is 12.9. The van der Waals surface area contributed by atoms with Gasteiger partial charge in [0.05, 0.1) is 19.1 Å². The molecule has 0 bridgehead atoms. The summed E-state index contributed by atoms with van der Waals surface area (Å²) >= 11 is 0. The zero-order valence-electron chi connectivity index (χ0n) is 15.5. The molecule has 1 N–H and O–H groups in total. The number of hydrogen-bond donors (Lipinski definition) is 1. The van der Waals surface area contributed by atoms with Crippen molar-refractivity contribution in [2.45, 2.75) is 31.7 Å². The highest BCUT2D eigenvalue weighted by Crippen LogP contribution is 2.31. The third-order valence-corrected chi connectivity index (χ3v) is 5.55. The summed E-state index contributed by atoms with van der Waals surface area (Å²) in [5, 5.41) is 3.19. The lowest BCUT2D eigenvalue weighted by Crippen LogP contribution is -2.36. The van der Waals surface area contributed by atoms with Crippen molar-refractivity contribution in [3.8, 4) is 5.75 Å². The number of rotatable bonds is 4. The average Bonchev–Trinajstić information content (AvgIpc) is 3.10. The van der Waals surface area contributed by atoms with Crippen molar-refractivity contribution in [1.29, 1.82) is 0 Å². The van der Waals surface area contributed by atoms with Crippen LogP contribution in [0.4, 0.5) is 5.69 Å². The van der Waals surface area contributed by atoms with Crippen LogP contribution in [0.5, 0.6) is 5.75 Å². The van der Waals surface area contributed by atoms with Crippen LogP contribution in [0.1, 0.15) is 36.4 Å². The van der Waals surface area contributed by atoms with Gasteiger partial charge in [-0.25, -0.2) is 0 Å². The first-order valence-corrected chi connectivity index (χ1v) is 9.48. The summed E-state index contributed by atoms with van der Waals surface area (Å²) in [6, 6.07) is 15.7. The van der Waals surface area contributed by atoms with Gasteiger partial charge in [0.2, 0.25) is 11.8 Å². The van der Waals surface area contributed by atoms with E-state index in [0.29, 0.717) is 12.3 Å². The molecule has 5 heteroatoms. The number of nitrogens with one attached hydrogen (secondary N) is 1. The number of methoxy groups -OCH3 is 1. The zero-order valence-corrected chi connectivity index (χ0v) is 15.5. The third-order valence-electron chi connectivity index (χ3n) is 5.55. The fraction of sp³-hybridized carbons (Fsp3) is 0.364. The van der Waals surface area contributed by atoms with Gasteiger partial charge in [-0.05, 0) is 42.5 Å². The van der Waals surface area contributed by atoms with Gasteiger partial charge < -0.3 is 15.0 Å². The van der Waals surface area contributed by atoms with Crippen LogP contribution in [0.25, 0.3) is 0 Å². The van der Waals surface area contributed by atoms with Gasteiger partial charge in [-0.3, -0.25) is 9.59 Å². The molecule has 2 aromatic carbocycles.